The summed E-state index contributed by atoms with van der Waals surface area (Å²) in [6.45, 7) is 3.79. The molecule has 0 spiro atoms. The van der Waals surface area contributed by atoms with Crippen molar-refractivity contribution < 1.29 is 14.3 Å². The number of amides is 2. The topological polar surface area (TPSA) is 93.2 Å². The number of nitrogens with one attached hydrogen (secondary N) is 2. The summed E-state index contributed by atoms with van der Waals surface area (Å²) in [6.07, 6.45) is 0. The molecule has 0 radical (unpaired) electrons. The molecule has 0 saturated carbocycles. The van der Waals surface area contributed by atoms with Gasteiger partial charge in [-0.3, -0.25) is 14.9 Å². The number of aryl methyl sites for hydroxylation is 2. The molecule has 0 aliphatic rings. The first-order valence-electron chi connectivity index (χ1n) is 10.2. The molecule has 0 unspecified atom stereocenters. The van der Waals surface area contributed by atoms with Gasteiger partial charge in [0.15, 0.2) is 10.9 Å². The highest BCUT2D eigenvalue weighted by molar-refractivity contribution is 8.01. The lowest BCUT2D eigenvalue weighted by atomic mass is 10.1. The van der Waals surface area contributed by atoms with Crippen LogP contribution >= 0.6 is 23.1 Å². The van der Waals surface area contributed by atoms with Crippen LogP contribution in [-0.2, 0) is 9.59 Å². The number of hydrogen-bond acceptors (Lipinski definition) is 7. The number of carbonyl (C=O) groups is 2. The van der Waals surface area contributed by atoms with Crippen molar-refractivity contribution in [1.82, 2.24) is 10.2 Å². The van der Waals surface area contributed by atoms with Crippen molar-refractivity contribution in [2.45, 2.75) is 18.2 Å². The lowest BCUT2D eigenvalue weighted by molar-refractivity contribution is -0.118. The average molecular weight is 479 g/mol. The molecule has 0 aliphatic heterocycles. The second kappa shape index (κ2) is 10.5. The molecule has 0 aliphatic carbocycles. The first-order valence-corrected chi connectivity index (χ1v) is 12.0. The minimum atomic E-state index is -0.330. The van der Waals surface area contributed by atoms with E-state index < -0.39 is 0 Å². The molecule has 2 amide bonds. The number of benzene rings is 3. The molecule has 0 fully saturated rings. The van der Waals surface area contributed by atoms with Crippen molar-refractivity contribution in [2.24, 2.45) is 0 Å². The predicted octanol–water partition coefficient (Wildman–Crippen LogP) is 5.06. The second-order valence-electron chi connectivity index (χ2n) is 7.37. The van der Waals surface area contributed by atoms with Gasteiger partial charge in [-0.25, -0.2) is 0 Å². The van der Waals surface area contributed by atoms with Gasteiger partial charge in [0.1, 0.15) is 5.75 Å². The van der Waals surface area contributed by atoms with Crippen LogP contribution in [0.3, 0.4) is 0 Å². The van der Waals surface area contributed by atoms with Gasteiger partial charge in [0, 0.05) is 5.69 Å². The minimum Gasteiger partial charge on any atom is -0.484 e. The number of hydrogen-bond donors (Lipinski definition) is 2. The Morgan fingerprint density at radius 1 is 0.939 bits per heavy atom. The van der Waals surface area contributed by atoms with E-state index in [9.17, 15) is 9.59 Å². The van der Waals surface area contributed by atoms with E-state index in [-0.39, 0.29) is 24.2 Å². The van der Waals surface area contributed by atoms with Crippen molar-refractivity contribution in [2.75, 3.05) is 23.0 Å². The van der Waals surface area contributed by atoms with E-state index >= 15 is 0 Å². The van der Waals surface area contributed by atoms with Gasteiger partial charge in [0.2, 0.25) is 11.0 Å². The Labute approximate surface area is 199 Å². The van der Waals surface area contributed by atoms with Crippen molar-refractivity contribution in [1.29, 1.82) is 0 Å². The van der Waals surface area contributed by atoms with Gasteiger partial charge < -0.3 is 10.1 Å². The van der Waals surface area contributed by atoms with Crippen molar-refractivity contribution in [3.8, 4) is 5.75 Å². The van der Waals surface area contributed by atoms with Crippen LogP contribution in [0.1, 0.15) is 11.1 Å². The Hall–Kier alpha value is -3.43. The zero-order valence-corrected chi connectivity index (χ0v) is 19.8. The van der Waals surface area contributed by atoms with Gasteiger partial charge in [-0.15, -0.1) is 10.2 Å². The molecule has 4 aromatic rings. The highest BCUT2D eigenvalue weighted by atomic mass is 32.2. The summed E-state index contributed by atoms with van der Waals surface area (Å²) in [5, 5.41) is 16.1. The Morgan fingerprint density at radius 2 is 1.76 bits per heavy atom. The summed E-state index contributed by atoms with van der Waals surface area (Å²) in [4.78, 5) is 24.5. The number of anilines is 2. The molecule has 0 saturated heterocycles. The quantitative estimate of drug-likeness (QED) is 0.272. The molecular formula is C24H22N4O3S2. The summed E-state index contributed by atoms with van der Waals surface area (Å²) in [7, 11) is 0. The Bertz CT molecular complexity index is 1310. The molecular weight excluding hydrogens is 456 g/mol. The van der Waals surface area contributed by atoms with Crippen LogP contribution in [0.5, 0.6) is 5.75 Å². The summed E-state index contributed by atoms with van der Waals surface area (Å²) in [5.74, 6) is 0.357. The van der Waals surface area contributed by atoms with E-state index in [0.717, 1.165) is 27.6 Å². The third-order valence-corrected chi connectivity index (χ3v) is 6.71. The average Bonchev–Trinajstić information content (AvgIpc) is 3.26. The maximum Gasteiger partial charge on any atom is 0.264 e. The highest BCUT2D eigenvalue weighted by Crippen LogP contribution is 2.26. The molecule has 0 atom stereocenters. The fourth-order valence-electron chi connectivity index (χ4n) is 3.06. The number of nitrogens with zero attached hydrogens (tertiary/aromatic N) is 2. The number of rotatable bonds is 8. The summed E-state index contributed by atoms with van der Waals surface area (Å²) in [6, 6.07) is 19.5. The SMILES string of the molecule is Cc1ccc(C)c(NC(=O)CSc2nnc(NC(=O)COc3ccc4ccccc4c3)s2)c1. The van der Waals surface area contributed by atoms with Crippen LogP contribution in [0, 0.1) is 13.8 Å². The molecule has 1 heterocycles. The third kappa shape index (κ3) is 6.30. The number of thioether (sulfide) groups is 1. The molecule has 0 bridgehead atoms. The molecule has 168 valence electrons. The van der Waals surface area contributed by atoms with Crippen LogP contribution in [0.2, 0.25) is 0 Å². The fraction of sp³-hybridized carbons (Fsp3) is 0.167. The minimum absolute atomic E-state index is 0.127. The maximum atomic E-state index is 12.3. The normalized spacial score (nSPS) is 10.7. The summed E-state index contributed by atoms with van der Waals surface area (Å²) in [5.41, 5.74) is 2.89. The lowest BCUT2D eigenvalue weighted by Crippen LogP contribution is -2.20. The largest absolute Gasteiger partial charge is 0.484 e. The molecule has 2 N–H and O–H groups in total. The van der Waals surface area contributed by atoms with Gasteiger partial charge >= 0.3 is 0 Å². The Morgan fingerprint density at radius 3 is 2.61 bits per heavy atom. The predicted molar refractivity (Wildman–Crippen MR) is 133 cm³/mol. The monoisotopic (exact) mass is 478 g/mol. The molecule has 1 aromatic heterocycles. The first-order chi connectivity index (χ1) is 16.0. The number of fused-ring (bicyclic) bond motifs is 1. The van der Waals surface area contributed by atoms with Gasteiger partial charge in [0.25, 0.3) is 5.91 Å². The van der Waals surface area contributed by atoms with E-state index in [1.807, 2.05) is 74.5 Å². The highest BCUT2D eigenvalue weighted by Gasteiger charge is 2.12. The lowest BCUT2D eigenvalue weighted by Gasteiger charge is -2.08. The third-order valence-electron chi connectivity index (χ3n) is 4.74. The molecule has 33 heavy (non-hydrogen) atoms. The van der Waals surface area contributed by atoms with Crippen LogP contribution in [0.15, 0.2) is 65.0 Å². The van der Waals surface area contributed by atoms with Crippen LogP contribution in [-0.4, -0.2) is 34.4 Å². The van der Waals surface area contributed by atoms with E-state index in [1.54, 1.807) is 0 Å². The number of aromatic nitrogens is 2. The van der Waals surface area contributed by atoms with Crippen molar-refractivity contribution in [3.63, 3.8) is 0 Å². The van der Waals surface area contributed by atoms with Gasteiger partial charge in [0.05, 0.1) is 5.75 Å². The summed E-state index contributed by atoms with van der Waals surface area (Å²) < 4.78 is 6.19. The van der Waals surface area contributed by atoms with Crippen LogP contribution in [0.4, 0.5) is 10.8 Å². The zero-order valence-electron chi connectivity index (χ0n) is 18.1. The molecule has 3 aromatic carbocycles. The standard InChI is InChI=1S/C24H22N4O3S2/c1-15-7-8-16(2)20(11-15)25-22(30)14-32-24-28-27-23(33-24)26-21(29)13-31-19-10-9-17-5-3-4-6-18(17)12-19/h3-12H,13-14H2,1-2H3,(H,25,30)(H,26,27,29). The van der Waals surface area contributed by atoms with Gasteiger partial charge in [-0.1, -0.05) is 65.6 Å². The zero-order chi connectivity index (χ0) is 23.2. The maximum absolute atomic E-state index is 12.3. The molecule has 7 nitrogen and oxygen atoms in total. The van der Waals surface area contributed by atoms with Crippen LogP contribution < -0.4 is 15.4 Å². The van der Waals surface area contributed by atoms with E-state index in [2.05, 4.69) is 20.8 Å². The van der Waals surface area contributed by atoms with E-state index in [4.69, 9.17) is 4.74 Å². The van der Waals surface area contributed by atoms with Crippen molar-refractivity contribution >= 4 is 56.5 Å². The first kappa shape index (κ1) is 22.8. The van der Waals surface area contributed by atoms with E-state index in [1.165, 1.54) is 23.1 Å². The summed E-state index contributed by atoms with van der Waals surface area (Å²) >= 11 is 2.48. The van der Waals surface area contributed by atoms with Gasteiger partial charge in [-0.2, -0.15) is 0 Å². The fourth-order valence-corrected chi connectivity index (χ4v) is 4.63. The molecule has 9 heteroatoms. The number of carbonyl (C=O) groups excluding carboxylic acids is 2. The Balaban J connectivity index is 1.24. The molecule has 4 rings (SSSR count). The van der Waals surface area contributed by atoms with E-state index in [0.29, 0.717) is 15.2 Å². The number of ether oxygens (including phenoxy) is 1. The smallest absolute Gasteiger partial charge is 0.264 e. The van der Waals surface area contributed by atoms with Crippen LogP contribution in [0.25, 0.3) is 10.8 Å². The van der Waals surface area contributed by atoms with Gasteiger partial charge in [-0.05, 0) is 53.9 Å². The van der Waals surface area contributed by atoms with Crippen molar-refractivity contribution in [3.05, 3.63) is 71.8 Å². The Kier molecular flexibility index (Phi) is 7.21. The second-order valence-corrected chi connectivity index (χ2v) is 9.57.